The van der Waals surface area contributed by atoms with E-state index >= 15 is 0 Å². The first-order valence-electron chi connectivity index (χ1n) is 8.63. The molecule has 3 aliphatic carbocycles. The molecule has 0 spiro atoms. The SMILES string of the molecule is C=C(C)C1CCC2(C)C1CCC1(C)CC(=O)C(C)=CCC12. The fourth-order valence-electron chi connectivity index (χ4n) is 6.00. The summed E-state index contributed by atoms with van der Waals surface area (Å²) in [7, 11) is 0. The van der Waals surface area contributed by atoms with Crippen molar-refractivity contribution in [3.8, 4) is 0 Å². The molecule has 0 saturated heterocycles. The van der Waals surface area contributed by atoms with Gasteiger partial charge in [-0.15, -0.1) is 0 Å². The molecule has 21 heavy (non-hydrogen) atoms. The molecule has 0 amide bonds. The number of carbonyl (C=O) groups is 1. The van der Waals surface area contributed by atoms with Gasteiger partial charge < -0.3 is 0 Å². The average Bonchev–Trinajstić information content (AvgIpc) is 2.68. The predicted molar refractivity (Wildman–Crippen MR) is 88.0 cm³/mol. The van der Waals surface area contributed by atoms with Gasteiger partial charge in [-0.1, -0.05) is 32.1 Å². The highest BCUT2D eigenvalue weighted by atomic mass is 16.1. The Morgan fingerprint density at radius 2 is 2.00 bits per heavy atom. The smallest absolute Gasteiger partial charge is 0.158 e. The molecule has 0 N–H and O–H groups in total. The summed E-state index contributed by atoms with van der Waals surface area (Å²) in [5.74, 6) is 2.55. The number of rotatable bonds is 1. The Morgan fingerprint density at radius 3 is 2.67 bits per heavy atom. The summed E-state index contributed by atoms with van der Waals surface area (Å²) < 4.78 is 0. The van der Waals surface area contributed by atoms with Gasteiger partial charge in [-0.25, -0.2) is 0 Å². The summed E-state index contributed by atoms with van der Waals surface area (Å²) >= 11 is 0. The third-order valence-electron chi connectivity index (χ3n) is 7.29. The third-order valence-corrected chi connectivity index (χ3v) is 7.29. The van der Waals surface area contributed by atoms with E-state index in [2.05, 4.69) is 33.4 Å². The van der Waals surface area contributed by atoms with Crippen LogP contribution in [-0.2, 0) is 4.79 Å². The Kier molecular flexibility index (Phi) is 3.46. The first kappa shape index (κ1) is 15.1. The molecule has 1 nitrogen and oxygen atoms in total. The molecule has 3 rings (SSSR count). The van der Waals surface area contributed by atoms with Gasteiger partial charge in [-0.05, 0) is 80.1 Å². The second-order valence-electron chi connectivity index (χ2n) is 8.57. The quantitative estimate of drug-likeness (QED) is 0.596. The van der Waals surface area contributed by atoms with E-state index in [4.69, 9.17) is 0 Å². The molecule has 0 bridgehead atoms. The van der Waals surface area contributed by atoms with Gasteiger partial charge in [0.25, 0.3) is 0 Å². The normalized spacial score (nSPS) is 46.4. The number of hydrogen-bond acceptors (Lipinski definition) is 1. The molecule has 0 heterocycles. The van der Waals surface area contributed by atoms with Crippen LogP contribution in [0.4, 0.5) is 0 Å². The van der Waals surface area contributed by atoms with E-state index < -0.39 is 0 Å². The third kappa shape index (κ3) is 2.15. The zero-order chi connectivity index (χ0) is 15.4. The van der Waals surface area contributed by atoms with Gasteiger partial charge in [0.15, 0.2) is 5.78 Å². The highest BCUT2D eigenvalue weighted by Crippen LogP contribution is 2.65. The van der Waals surface area contributed by atoms with Crippen molar-refractivity contribution in [2.24, 2.45) is 28.6 Å². The van der Waals surface area contributed by atoms with Gasteiger partial charge in [0.05, 0.1) is 0 Å². The van der Waals surface area contributed by atoms with Crippen molar-refractivity contribution in [2.75, 3.05) is 0 Å². The molecule has 3 aliphatic rings. The van der Waals surface area contributed by atoms with Crippen LogP contribution < -0.4 is 0 Å². The predicted octanol–water partition coefficient (Wildman–Crippen LogP) is 5.32. The molecule has 1 heteroatoms. The molecule has 0 aromatic heterocycles. The second kappa shape index (κ2) is 4.83. The molecule has 0 aliphatic heterocycles. The monoisotopic (exact) mass is 286 g/mol. The minimum Gasteiger partial charge on any atom is -0.295 e. The zero-order valence-corrected chi connectivity index (χ0v) is 14.2. The van der Waals surface area contributed by atoms with Gasteiger partial charge in [-0.2, -0.15) is 0 Å². The topological polar surface area (TPSA) is 17.1 Å². The lowest BCUT2D eigenvalue weighted by Crippen LogP contribution is -2.47. The van der Waals surface area contributed by atoms with Crippen molar-refractivity contribution < 1.29 is 4.79 Å². The number of allylic oxidation sites excluding steroid dienone is 3. The maximum atomic E-state index is 12.4. The van der Waals surface area contributed by atoms with E-state index in [1.54, 1.807) is 0 Å². The first-order valence-corrected chi connectivity index (χ1v) is 8.63. The Hall–Kier alpha value is -0.850. The minimum absolute atomic E-state index is 0.209. The van der Waals surface area contributed by atoms with Crippen molar-refractivity contribution in [1.29, 1.82) is 0 Å². The van der Waals surface area contributed by atoms with E-state index in [0.717, 1.165) is 24.3 Å². The summed E-state index contributed by atoms with van der Waals surface area (Å²) in [5, 5.41) is 0. The molecule has 116 valence electrons. The number of hydrogen-bond donors (Lipinski definition) is 0. The van der Waals surface area contributed by atoms with Gasteiger partial charge >= 0.3 is 0 Å². The standard InChI is InChI=1S/C20H30O/c1-13(2)15-8-11-20(5)16(15)9-10-19(4)12-17(21)14(3)6-7-18(19)20/h6,15-16,18H,1,7-12H2,2-5H3. The summed E-state index contributed by atoms with van der Waals surface area (Å²) in [4.78, 5) is 12.4. The zero-order valence-electron chi connectivity index (χ0n) is 14.2. The van der Waals surface area contributed by atoms with E-state index in [1.165, 1.54) is 31.3 Å². The lowest BCUT2D eigenvalue weighted by atomic mass is 9.50. The van der Waals surface area contributed by atoms with Crippen LogP contribution in [0.5, 0.6) is 0 Å². The number of Topliss-reactive ketones (excluding diaryl/α,β-unsaturated/α-hetero) is 1. The Morgan fingerprint density at radius 1 is 1.29 bits per heavy atom. The number of carbonyl (C=O) groups excluding carboxylic acids is 1. The summed E-state index contributed by atoms with van der Waals surface area (Å²) in [5.41, 5.74) is 2.99. The summed E-state index contributed by atoms with van der Waals surface area (Å²) in [6.45, 7) is 13.4. The minimum atomic E-state index is 0.209. The van der Waals surface area contributed by atoms with Crippen LogP contribution in [0, 0.1) is 28.6 Å². The first-order chi connectivity index (χ1) is 9.78. The molecule has 0 radical (unpaired) electrons. The average molecular weight is 286 g/mol. The van der Waals surface area contributed by atoms with Gasteiger partial charge in [0.1, 0.15) is 0 Å². The van der Waals surface area contributed by atoms with Crippen LogP contribution in [0.3, 0.4) is 0 Å². The Bertz CT molecular complexity index is 514. The Balaban J connectivity index is 1.98. The van der Waals surface area contributed by atoms with Crippen LogP contribution in [0.25, 0.3) is 0 Å². The highest BCUT2D eigenvalue weighted by Gasteiger charge is 2.58. The van der Waals surface area contributed by atoms with Crippen molar-refractivity contribution in [3.05, 3.63) is 23.8 Å². The van der Waals surface area contributed by atoms with Crippen LogP contribution in [-0.4, -0.2) is 5.78 Å². The summed E-state index contributed by atoms with van der Waals surface area (Å²) in [6.07, 6.45) is 9.22. The summed E-state index contributed by atoms with van der Waals surface area (Å²) in [6, 6.07) is 0. The van der Waals surface area contributed by atoms with Crippen molar-refractivity contribution in [2.45, 2.75) is 66.2 Å². The van der Waals surface area contributed by atoms with Crippen LogP contribution in [0.1, 0.15) is 66.2 Å². The van der Waals surface area contributed by atoms with Crippen molar-refractivity contribution in [1.82, 2.24) is 0 Å². The van der Waals surface area contributed by atoms with Crippen LogP contribution >= 0.6 is 0 Å². The maximum Gasteiger partial charge on any atom is 0.158 e. The van der Waals surface area contributed by atoms with Gasteiger partial charge in [-0.3, -0.25) is 4.79 Å². The van der Waals surface area contributed by atoms with E-state index in [9.17, 15) is 4.79 Å². The molecular formula is C20H30O. The largest absolute Gasteiger partial charge is 0.295 e. The lowest BCUT2D eigenvalue weighted by Gasteiger charge is -2.54. The van der Waals surface area contributed by atoms with E-state index in [1.807, 2.05) is 6.92 Å². The van der Waals surface area contributed by atoms with Gasteiger partial charge in [0.2, 0.25) is 0 Å². The number of ketones is 1. The molecular weight excluding hydrogens is 256 g/mol. The van der Waals surface area contributed by atoms with Gasteiger partial charge in [0, 0.05) is 6.42 Å². The molecule has 5 unspecified atom stereocenters. The van der Waals surface area contributed by atoms with Crippen molar-refractivity contribution in [3.63, 3.8) is 0 Å². The van der Waals surface area contributed by atoms with E-state index in [-0.39, 0.29) is 5.41 Å². The maximum absolute atomic E-state index is 12.4. The van der Waals surface area contributed by atoms with E-state index in [0.29, 0.717) is 23.0 Å². The molecule has 0 aromatic carbocycles. The van der Waals surface area contributed by atoms with Crippen molar-refractivity contribution >= 4 is 5.78 Å². The molecule has 0 aromatic rings. The molecule has 2 saturated carbocycles. The fourth-order valence-corrected chi connectivity index (χ4v) is 6.00. The Labute approximate surface area is 129 Å². The number of fused-ring (bicyclic) bond motifs is 3. The lowest BCUT2D eigenvalue weighted by molar-refractivity contribution is -0.121. The molecule has 5 atom stereocenters. The van der Waals surface area contributed by atoms with Crippen LogP contribution in [0.15, 0.2) is 23.8 Å². The van der Waals surface area contributed by atoms with Crippen LogP contribution in [0.2, 0.25) is 0 Å². The fraction of sp³-hybridized carbons (Fsp3) is 0.750. The second-order valence-corrected chi connectivity index (χ2v) is 8.57. The molecule has 2 fully saturated rings. The highest BCUT2D eigenvalue weighted by molar-refractivity contribution is 5.95.